The standard InChI is InChI=1S/C10H19NO4S/c1-4-15-10(13)6-5-9(12)11-8(2)7-16(3)14/h8H,4-7H2,1-3H3,(H,11,12). The van der Waals surface area contributed by atoms with Crippen molar-refractivity contribution in [1.29, 1.82) is 0 Å². The average molecular weight is 249 g/mol. The van der Waals surface area contributed by atoms with E-state index >= 15 is 0 Å². The van der Waals surface area contributed by atoms with Crippen LogP contribution in [0, 0.1) is 0 Å². The second-order valence-corrected chi connectivity index (χ2v) is 4.99. The number of rotatable bonds is 7. The van der Waals surface area contributed by atoms with Gasteiger partial charge in [0, 0.05) is 35.3 Å². The van der Waals surface area contributed by atoms with Gasteiger partial charge < -0.3 is 10.1 Å². The Balaban J connectivity index is 3.73. The van der Waals surface area contributed by atoms with Crippen LogP contribution < -0.4 is 5.32 Å². The molecule has 0 bridgehead atoms. The minimum atomic E-state index is -0.934. The molecule has 0 aromatic carbocycles. The molecule has 16 heavy (non-hydrogen) atoms. The smallest absolute Gasteiger partial charge is 0.306 e. The van der Waals surface area contributed by atoms with E-state index in [0.29, 0.717) is 12.4 Å². The van der Waals surface area contributed by atoms with Gasteiger partial charge in [-0.2, -0.15) is 0 Å². The Morgan fingerprint density at radius 3 is 2.50 bits per heavy atom. The lowest BCUT2D eigenvalue weighted by Crippen LogP contribution is -2.36. The molecule has 1 N–H and O–H groups in total. The van der Waals surface area contributed by atoms with Crippen molar-refractivity contribution in [3.05, 3.63) is 0 Å². The number of hydrogen-bond donors (Lipinski definition) is 1. The summed E-state index contributed by atoms with van der Waals surface area (Å²) in [5.74, 6) is -0.166. The van der Waals surface area contributed by atoms with Crippen molar-refractivity contribution in [3.8, 4) is 0 Å². The second kappa shape index (κ2) is 8.27. The van der Waals surface area contributed by atoms with Gasteiger partial charge in [-0.3, -0.25) is 13.8 Å². The first kappa shape index (κ1) is 15.1. The number of carbonyl (C=O) groups excluding carboxylic acids is 2. The number of esters is 1. The third-order valence-corrected chi connectivity index (χ3v) is 2.72. The molecule has 0 rings (SSSR count). The van der Waals surface area contributed by atoms with E-state index in [2.05, 4.69) is 5.32 Å². The molecule has 0 aliphatic heterocycles. The molecular formula is C10H19NO4S. The van der Waals surface area contributed by atoms with E-state index in [4.69, 9.17) is 4.74 Å². The van der Waals surface area contributed by atoms with Crippen molar-refractivity contribution in [3.63, 3.8) is 0 Å². The third kappa shape index (κ3) is 8.40. The van der Waals surface area contributed by atoms with Crippen molar-refractivity contribution in [1.82, 2.24) is 5.32 Å². The Morgan fingerprint density at radius 2 is 2.00 bits per heavy atom. The first-order valence-electron chi connectivity index (χ1n) is 5.20. The Labute approximate surface area is 98.4 Å². The highest BCUT2D eigenvalue weighted by molar-refractivity contribution is 7.84. The highest BCUT2D eigenvalue weighted by Crippen LogP contribution is 1.94. The number of amides is 1. The minimum absolute atomic E-state index is 0.0849. The molecule has 0 heterocycles. The van der Waals surface area contributed by atoms with E-state index in [-0.39, 0.29) is 30.8 Å². The molecule has 6 heteroatoms. The van der Waals surface area contributed by atoms with Crippen molar-refractivity contribution in [2.75, 3.05) is 18.6 Å². The molecule has 0 aliphatic rings. The van der Waals surface area contributed by atoms with Gasteiger partial charge >= 0.3 is 5.97 Å². The highest BCUT2D eigenvalue weighted by Gasteiger charge is 2.11. The number of carbonyl (C=O) groups is 2. The fourth-order valence-electron chi connectivity index (χ4n) is 1.19. The van der Waals surface area contributed by atoms with Gasteiger partial charge in [-0.15, -0.1) is 0 Å². The monoisotopic (exact) mass is 249 g/mol. The molecule has 2 unspecified atom stereocenters. The average Bonchev–Trinajstić information content (AvgIpc) is 2.13. The summed E-state index contributed by atoms with van der Waals surface area (Å²) in [5.41, 5.74) is 0. The van der Waals surface area contributed by atoms with E-state index < -0.39 is 10.8 Å². The van der Waals surface area contributed by atoms with Crippen LogP contribution in [0.2, 0.25) is 0 Å². The minimum Gasteiger partial charge on any atom is -0.466 e. The summed E-state index contributed by atoms with van der Waals surface area (Å²) in [7, 11) is -0.934. The van der Waals surface area contributed by atoms with Crippen LogP contribution in [0.15, 0.2) is 0 Å². The number of nitrogens with one attached hydrogen (secondary N) is 1. The summed E-state index contributed by atoms with van der Waals surface area (Å²) in [6, 6.07) is -0.138. The van der Waals surface area contributed by atoms with E-state index in [1.807, 2.05) is 0 Å². The quantitative estimate of drug-likeness (QED) is 0.655. The lowest BCUT2D eigenvalue weighted by Gasteiger charge is -2.11. The van der Waals surface area contributed by atoms with Crippen LogP contribution in [0.4, 0.5) is 0 Å². The van der Waals surface area contributed by atoms with Crippen LogP contribution in [0.5, 0.6) is 0 Å². The van der Waals surface area contributed by atoms with Crippen molar-refractivity contribution < 1.29 is 18.5 Å². The van der Waals surface area contributed by atoms with E-state index in [1.165, 1.54) is 0 Å². The molecule has 1 amide bonds. The number of ether oxygens (including phenoxy) is 1. The molecule has 0 saturated heterocycles. The summed E-state index contributed by atoms with van der Waals surface area (Å²) in [5, 5.41) is 2.67. The van der Waals surface area contributed by atoms with Crippen LogP contribution in [-0.2, 0) is 25.1 Å². The van der Waals surface area contributed by atoms with Gasteiger partial charge in [0.1, 0.15) is 0 Å². The maximum absolute atomic E-state index is 11.3. The van der Waals surface area contributed by atoms with Gasteiger partial charge in [-0.25, -0.2) is 0 Å². The number of hydrogen-bond acceptors (Lipinski definition) is 4. The van der Waals surface area contributed by atoms with Crippen molar-refractivity contribution >= 4 is 22.7 Å². The van der Waals surface area contributed by atoms with Gasteiger partial charge in [0.05, 0.1) is 13.0 Å². The Bertz CT molecular complexity index is 268. The zero-order valence-corrected chi connectivity index (χ0v) is 10.8. The van der Waals surface area contributed by atoms with Crippen molar-refractivity contribution in [2.45, 2.75) is 32.7 Å². The van der Waals surface area contributed by atoms with E-state index in [0.717, 1.165) is 0 Å². The first-order chi connectivity index (χ1) is 7.45. The molecule has 0 radical (unpaired) electrons. The zero-order valence-electron chi connectivity index (χ0n) is 9.95. The SMILES string of the molecule is CCOC(=O)CCC(=O)NC(C)CS(C)=O. The molecule has 0 fully saturated rings. The molecule has 94 valence electrons. The van der Waals surface area contributed by atoms with Gasteiger partial charge in [0.15, 0.2) is 0 Å². The first-order valence-corrected chi connectivity index (χ1v) is 6.93. The molecule has 2 atom stereocenters. The molecular weight excluding hydrogens is 230 g/mol. The van der Waals surface area contributed by atoms with Crippen LogP contribution in [0.1, 0.15) is 26.7 Å². The molecule has 0 saturated carbocycles. The van der Waals surface area contributed by atoms with Gasteiger partial charge in [0.2, 0.25) is 5.91 Å². The maximum atomic E-state index is 11.3. The molecule has 0 aliphatic carbocycles. The third-order valence-electron chi connectivity index (χ3n) is 1.75. The topological polar surface area (TPSA) is 72.5 Å². The van der Waals surface area contributed by atoms with E-state index in [1.54, 1.807) is 20.1 Å². The summed E-state index contributed by atoms with van der Waals surface area (Å²) < 4.78 is 15.6. The second-order valence-electron chi connectivity index (χ2n) is 3.51. The van der Waals surface area contributed by atoms with Crippen molar-refractivity contribution in [2.24, 2.45) is 0 Å². The summed E-state index contributed by atoms with van der Waals surface area (Å²) >= 11 is 0. The summed E-state index contributed by atoms with van der Waals surface area (Å²) in [6.45, 7) is 3.83. The molecule has 0 spiro atoms. The van der Waals surface area contributed by atoms with Crippen LogP contribution >= 0.6 is 0 Å². The highest BCUT2D eigenvalue weighted by atomic mass is 32.2. The van der Waals surface area contributed by atoms with Gasteiger partial charge in [-0.05, 0) is 13.8 Å². The van der Waals surface area contributed by atoms with Crippen LogP contribution in [0.25, 0.3) is 0 Å². The predicted octanol–water partition coefficient (Wildman–Crippen LogP) is 0.213. The molecule has 0 aromatic rings. The van der Waals surface area contributed by atoms with Gasteiger partial charge in [0.25, 0.3) is 0 Å². The normalized spacial score (nSPS) is 13.9. The van der Waals surface area contributed by atoms with E-state index in [9.17, 15) is 13.8 Å². The molecule has 0 aromatic heterocycles. The molecule has 5 nitrogen and oxygen atoms in total. The van der Waals surface area contributed by atoms with Crippen LogP contribution in [0.3, 0.4) is 0 Å². The zero-order chi connectivity index (χ0) is 12.6. The Hall–Kier alpha value is -0.910. The largest absolute Gasteiger partial charge is 0.466 e. The lowest BCUT2D eigenvalue weighted by atomic mass is 10.3. The lowest BCUT2D eigenvalue weighted by molar-refractivity contribution is -0.144. The predicted molar refractivity (Wildman–Crippen MR) is 62.4 cm³/mol. The van der Waals surface area contributed by atoms with Gasteiger partial charge in [-0.1, -0.05) is 0 Å². The maximum Gasteiger partial charge on any atom is 0.306 e. The summed E-state index contributed by atoms with van der Waals surface area (Å²) in [6.07, 6.45) is 1.78. The fraction of sp³-hybridized carbons (Fsp3) is 0.800. The Morgan fingerprint density at radius 1 is 1.38 bits per heavy atom. The van der Waals surface area contributed by atoms with Crippen LogP contribution in [-0.4, -0.2) is 40.7 Å². The summed E-state index contributed by atoms with van der Waals surface area (Å²) in [4.78, 5) is 22.3. The Kier molecular flexibility index (Phi) is 7.80. The fourth-order valence-corrected chi connectivity index (χ4v) is 1.98.